The monoisotopic (exact) mass is 171 g/mol. The van der Waals surface area contributed by atoms with Crippen LogP contribution in [0.5, 0.6) is 0 Å². The summed E-state index contributed by atoms with van der Waals surface area (Å²) in [5.41, 5.74) is 0.0928. The van der Waals surface area contributed by atoms with Crippen molar-refractivity contribution in [3.63, 3.8) is 0 Å². The van der Waals surface area contributed by atoms with Crippen molar-refractivity contribution in [3.05, 3.63) is 0 Å². The standard InChI is InChI=1S/C10H21NO/c1-3-10(2,8-12)7-11-9-5-4-6-9/h9,11-12H,3-8H2,1-2H3. The molecule has 72 valence electrons. The zero-order valence-corrected chi connectivity index (χ0v) is 8.27. The summed E-state index contributed by atoms with van der Waals surface area (Å²) in [6.07, 6.45) is 5.07. The van der Waals surface area contributed by atoms with Crippen LogP contribution in [0.2, 0.25) is 0 Å². The molecule has 1 rings (SSSR count). The molecular formula is C10H21NO. The molecule has 12 heavy (non-hydrogen) atoms. The van der Waals surface area contributed by atoms with Crippen LogP contribution < -0.4 is 5.32 Å². The van der Waals surface area contributed by atoms with Crippen molar-refractivity contribution in [2.45, 2.75) is 45.6 Å². The largest absolute Gasteiger partial charge is 0.396 e. The Morgan fingerprint density at radius 1 is 1.50 bits per heavy atom. The fraction of sp³-hybridized carbons (Fsp3) is 1.00. The molecule has 1 aliphatic rings. The Hall–Kier alpha value is -0.0800. The first-order chi connectivity index (χ1) is 5.70. The van der Waals surface area contributed by atoms with Gasteiger partial charge in [0.05, 0.1) is 0 Å². The predicted octanol–water partition coefficient (Wildman–Crippen LogP) is 1.54. The van der Waals surface area contributed by atoms with E-state index < -0.39 is 0 Å². The summed E-state index contributed by atoms with van der Waals surface area (Å²) in [5, 5.41) is 12.7. The highest BCUT2D eigenvalue weighted by molar-refractivity contribution is 4.81. The normalized spacial score (nSPS) is 23.2. The average molecular weight is 171 g/mol. The Morgan fingerprint density at radius 3 is 2.50 bits per heavy atom. The van der Waals surface area contributed by atoms with Gasteiger partial charge in [0.25, 0.3) is 0 Å². The minimum Gasteiger partial charge on any atom is -0.396 e. The molecule has 0 saturated heterocycles. The first-order valence-electron chi connectivity index (χ1n) is 5.04. The van der Waals surface area contributed by atoms with Crippen molar-refractivity contribution in [1.29, 1.82) is 0 Å². The van der Waals surface area contributed by atoms with Gasteiger partial charge in [-0.3, -0.25) is 0 Å². The van der Waals surface area contributed by atoms with Crippen molar-refractivity contribution in [1.82, 2.24) is 5.32 Å². The highest BCUT2D eigenvalue weighted by atomic mass is 16.3. The Kier molecular flexibility index (Phi) is 3.53. The topological polar surface area (TPSA) is 32.3 Å². The van der Waals surface area contributed by atoms with Crippen LogP contribution >= 0.6 is 0 Å². The molecule has 1 fully saturated rings. The Labute approximate surface area is 75.4 Å². The van der Waals surface area contributed by atoms with Gasteiger partial charge in [-0.05, 0) is 19.3 Å². The number of rotatable bonds is 5. The van der Waals surface area contributed by atoms with E-state index in [1.165, 1.54) is 19.3 Å². The summed E-state index contributed by atoms with van der Waals surface area (Å²) in [4.78, 5) is 0. The fourth-order valence-corrected chi connectivity index (χ4v) is 1.30. The van der Waals surface area contributed by atoms with E-state index in [0.717, 1.165) is 19.0 Å². The van der Waals surface area contributed by atoms with E-state index in [-0.39, 0.29) is 5.41 Å². The first-order valence-corrected chi connectivity index (χ1v) is 5.04. The summed E-state index contributed by atoms with van der Waals surface area (Å²) >= 11 is 0. The molecule has 1 aliphatic carbocycles. The zero-order chi connectivity index (χ0) is 9.03. The summed E-state index contributed by atoms with van der Waals surface area (Å²) in [6, 6.07) is 0.738. The molecule has 0 aliphatic heterocycles. The lowest BCUT2D eigenvalue weighted by atomic mass is 9.86. The van der Waals surface area contributed by atoms with E-state index >= 15 is 0 Å². The van der Waals surface area contributed by atoms with Gasteiger partial charge in [0, 0.05) is 24.6 Å². The molecule has 1 saturated carbocycles. The van der Waals surface area contributed by atoms with Crippen molar-refractivity contribution in [2.75, 3.05) is 13.2 Å². The van der Waals surface area contributed by atoms with Gasteiger partial charge in [0.1, 0.15) is 0 Å². The summed E-state index contributed by atoms with van der Waals surface area (Å²) < 4.78 is 0. The van der Waals surface area contributed by atoms with E-state index in [9.17, 15) is 0 Å². The average Bonchev–Trinajstić information content (AvgIpc) is 2.01. The van der Waals surface area contributed by atoms with Gasteiger partial charge in [-0.25, -0.2) is 0 Å². The van der Waals surface area contributed by atoms with E-state index in [1.807, 2.05) is 0 Å². The molecule has 0 bridgehead atoms. The van der Waals surface area contributed by atoms with Gasteiger partial charge in [-0.15, -0.1) is 0 Å². The minimum atomic E-state index is 0.0928. The van der Waals surface area contributed by atoms with Crippen LogP contribution in [0, 0.1) is 5.41 Å². The van der Waals surface area contributed by atoms with Gasteiger partial charge in [0.15, 0.2) is 0 Å². The van der Waals surface area contributed by atoms with Crippen LogP contribution in [0.25, 0.3) is 0 Å². The third-order valence-corrected chi connectivity index (χ3v) is 3.16. The van der Waals surface area contributed by atoms with Crippen LogP contribution in [0.1, 0.15) is 39.5 Å². The summed E-state index contributed by atoms with van der Waals surface area (Å²) in [5.74, 6) is 0. The molecular weight excluding hydrogens is 150 g/mol. The quantitative estimate of drug-likeness (QED) is 0.657. The number of nitrogens with one attached hydrogen (secondary N) is 1. The maximum Gasteiger partial charge on any atom is 0.0496 e. The van der Waals surface area contributed by atoms with Crippen LogP contribution in [0.15, 0.2) is 0 Å². The third kappa shape index (κ3) is 2.46. The number of hydrogen-bond donors (Lipinski definition) is 2. The van der Waals surface area contributed by atoms with Crippen LogP contribution in [-0.2, 0) is 0 Å². The maximum atomic E-state index is 9.15. The lowest BCUT2D eigenvalue weighted by Gasteiger charge is -2.32. The van der Waals surface area contributed by atoms with Gasteiger partial charge >= 0.3 is 0 Å². The Morgan fingerprint density at radius 2 is 2.17 bits per heavy atom. The molecule has 0 heterocycles. The summed E-state index contributed by atoms with van der Waals surface area (Å²) in [7, 11) is 0. The lowest BCUT2D eigenvalue weighted by molar-refractivity contribution is 0.126. The molecule has 0 aromatic carbocycles. The minimum absolute atomic E-state index is 0.0928. The molecule has 2 nitrogen and oxygen atoms in total. The number of aliphatic hydroxyl groups excluding tert-OH is 1. The number of aliphatic hydroxyl groups is 1. The third-order valence-electron chi connectivity index (χ3n) is 3.16. The van der Waals surface area contributed by atoms with Gasteiger partial charge < -0.3 is 10.4 Å². The van der Waals surface area contributed by atoms with E-state index in [0.29, 0.717) is 6.61 Å². The van der Waals surface area contributed by atoms with E-state index in [1.54, 1.807) is 0 Å². The van der Waals surface area contributed by atoms with Gasteiger partial charge in [-0.1, -0.05) is 20.3 Å². The molecule has 0 spiro atoms. The molecule has 0 aromatic rings. The molecule has 0 aromatic heterocycles. The van der Waals surface area contributed by atoms with Crippen molar-refractivity contribution in [2.24, 2.45) is 5.41 Å². The van der Waals surface area contributed by atoms with E-state index in [4.69, 9.17) is 5.11 Å². The second-order valence-electron chi connectivity index (χ2n) is 4.33. The SMILES string of the molecule is CCC(C)(CO)CNC1CCC1. The smallest absolute Gasteiger partial charge is 0.0496 e. The zero-order valence-electron chi connectivity index (χ0n) is 8.27. The second-order valence-corrected chi connectivity index (χ2v) is 4.33. The van der Waals surface area contributed by atoms with Crippen LogP contribution in [0.3, 0.4) is 0 Å². The predicted molar refractivity (Wildman–Crippen MR) is 51.1 cm³/mol. The van der Waals surface area contributed by atoms with Gasteiger partial charge in [-0.2, -0.15) is 0 Å². The van der Waals surface area contributed by atoms with Crippen LogP contribution in [-0.4, -0.2) is 24.3 Å². The molecule has 0 radical (unpaired) electrons. The number of hydrogen-bond acceptors (Lipinski definition) is 2. The fourth-order valence-electron chi connectivity index (χ4n) is 1.30. The first kappa shape index (κ1) is 10.0. The lowest BCUT2D eigenvalue weighted by Crippen LogP contribution is -2.43. The molecule has 2 heteroatoms. The molecule has 0 amide bonds. The van der Waals surface area contributed by atoms with Gasteiger partial charge in [0.2, 0.25) is 0 Å². The highest BCUT2D eigenvalue weighted by Gasteiger charge is 2.24. The highest BCUT2D eigenvalue weighted by Crippen LogP contribution is 2.22. The van der Waals surface area contributed by atoms with Crippen molar-refractivity contribution >= 4 is 0 Å². The van der Waals surface area contributed by atoms with Crippen molar-refractivity contribution in [3.8, 4) is 0 Å². The Balaban J connectivity index is 2.17. The molecule has 1 unspecified atom stereocenters. The second kappa shape index (κ2) is 4.24. The molecule has 2 N–H and O–H groups in total. The van der Waals surface area contributed by atoms with E-state index in [2.05, 4.69) is 19.2 Å². The van der Waals surface area contributed by atoms with Crippen molar-refractivity contribution < 1.29 is 5.11 Å². The maximum absolute atomic E-state index is 9.15. The van der Waals surface area contributed by atoms with Crippen LogP contribution in [0.4, 0.5) is 0 Å². The Bertz CT molecular complexity index is 128. The molecule has 1 atom stereocenters. The summed E-state index contributed by atoms with van der Waals surface area (Å²) in [6.45, 7) is 5.53.